The topological polar surface area (TPSA) is 105 Å². The van der Waals surface area contributed by atoms with Gasteiger partial charge in [-0.3, -0.25) is 9.59 Å². The second-order valence-corrected chi connectivity index (χ2v) is 13.1. The fraction of sp³-hybridized carbons (Fsp3) is 0.613. The van der Waals surface area contributed by atoms with Crippen LogP contribution in [0.4, 0.5) is 4.79 Å². The largest absolute Gasteiger partial charge is 0.444 e. The molecule has 218 valence electrons. The number of carbonyl (C=O) groups excluding carboxylic acids is 4. The maximum Gasteiger partial charge on any atom is 0.408 e. The third-order valence-corrected chi connectivity index (χ3v) is 6.52. The van der Waals surface area contributed by atoms with Gasteiger partial charge in [-0.25, -0.2) is 4.79 Å². The Morgan fingerprint density at radius 1 is 0.872 bits per heavy atom. The van der Waals surface area contributed by atoms with E-state index in [2.05, 4.69) is 10.6 Å². The van der Waals surface area contributed by atoms with Gasteiger partial charge in [0, 0.05) is 24.1 Å². The van der Waals surface area contributed by atoms with E-state index in [9.17, 15) is 19.2 Å². The molecule has 1 aromatic carbocycles. The molecule has 8 heteroatoms. The van der Waals surface area contributed by atoms with Gasteiger partial charge in [-0.1, -0.05) is 91.8 Å². The molecule has 0 radical (unpaired) electrons. The van der Waals surface area contributed by atoms with Crippen LogP contribution in [0.1, 0.15) is 81.7 Å². The number of likely N-dealkylation sites (N-methyl/N-ethyl adjacent to an activating group) is 1. The summed E-state index contributed by atoms with van der Waals surface area (Å²) < 4.78 is 5.47. The van der Waals surface area contributed by atoms with Crippen molar-refractivity contribution in [3.8, 4) is 0 Å². The molecule has 0 aliphatic rings. The van der Waals surface area contributed by atoms with Crippen molar-refractivity contribution in [2.45, 2.75) is 99.3 Å². The van der Waals surface area contributed by atoms with Crippen LogP contribution in [0.3, 0.4) is 0 Å². The summed E-state index contributed by atoms with van der Waals surface area (Å²) in [5, 5.41) is 5.71. The highest BCUT2D eigenvalue weighted by Gasteiger charge is 2.43. The number of hydrogen-bond acceptors (Lipinski definition) is 5. The van der Waals surface area contributed by atoms with Crippen molar-refractivity contribution >= 4 is 24.2 Å². The summed E-state index contributed by atoms with van der Waals surface area (Å²) in [6, 6.07) is 7.44. The minimum absolute atomic E-state index is 0.0312. The number of nitrogens with zero attached hydrogens (tertiary/aromatic N) is 1. The van der Waals surface area contributed by atoms with Gasteiger partial charge in [0.2, 0.25) is 11.8 Å². The average molecular weight is 544 g/mol. The predicted molar refractivity (Wildman–Crippen MR) is 155 cm³/mol. The lowest BCUT2D eigenvalue weighted by molar-refractivity contribution is -0.138. The van der Waals surface area contributed by atoms with E-state index in [1.165, 1.54) is 4.90 Å². The number of rotatable bonds is 10. The monoisotopic (exact) mass is 543 g/mol. The minimum Gasteiger partial charge on any atom is -0.444 e. The van der Waals surface area contributed by atoms with Crippen LogP contribution in [-0.4, -0.2) is 53.8 Å². The molecule has 0 heterocycles. The van der Waals surface area contributed by atoms with Crippen LogP contribution in [0.2, 0.25) is 0 Å². The summed E-state index contributed by atoms with van der Waals surface area (Å²) in [4.78, 5) is 53.5. The number of allylic oxidation sites excluding steroid dienone is 2. The fourth-order valence-electron chi connectivity index (χ4n) is 4.23. The number of nitrogens with one attached hydrogen (secondary N) is 2. The molecule has 1 unspecified atom stereocenters. The molecule has 1 aromatic rings. The number of carbonyl (C=O) groups is 4. The first-order valence-corrected chi connectivity index (χ1v) is 13.5. The number of benzene rings is 1. The lowest BCUT2D eigenvalue weighted by Crippen LogP contribution is -2.62. The number of amides is 3. The van der Waals surface area contributed by atoms with E-state index in [-0.39, 0.29) is 17.7 Å². The molecule has 0 bridgehead atoms. The second-order valence-electron chi connectivity index (χ2n) is 13.1. The minimum atomic E-state index is -1.05. The molecule has 8 nitrogen and oxygen atoms in total. The molecule has 0 aromatic heterocycles. The third kappa shape index (κ3) is 9.83. The lowest BCUT2D eigenvalue weighted by Gasteiger charge is -2.39. The van der Waals surface area contributed by atoms with Gasteiger partial charge >= 0.3 is 6.09 Å². The van der Waals surface area contributed by atoms with Crippen molar-refractivity contribution in [3.63, 3.8) is 0 Å². The van der Waals surface area contributed by atoms with Crippen molar-refractivity contribution in [2.75, 3.05) is 7.05 Å². The van der Waals surface area contributed by atoms with Gasteiger partial charge in [-0.2, -0.15) is 0 Å². The van der Waals surface area contributed by atoms with E-state index in [0.29, 0.717) is 5.70 Å². The Labute approximate surface area is 234 Å². The summed E-state index contributed by atoms with van der Waals surface area (Å²) in [5.41, 5.74) is -0.734. The van der Waals surface area contributed by atoms with Gasteiger partial charge in [0.25, 0.3) is 0 Å². The van der Waals surface area contributed by atoms with Crippen molar-refractivity contribution in [1.82, 2.24) is 15.5 Å². The van der Waals surface area contributed by atoms with E-state index in [4.69, 9.17) is 4.74 Å². The zero-order valence-corrected chi connectivity index (χ0v) is 25.8. The molecule has 0 aliphatic heterocycles. The van der Waals surface area contributed by atoms with Crippen LogP contribution in [0, 0.1) is 17.3 Å². The Kier molecular flexibility index (Phi) is 11.5. The first kappa shape index (κ1) is 33.9. The van der Waals surface area contributed by atoms with Crippen molar-refractivity contribution in [3.05, 3.63) is 47.7 Å². The highest BCUT2D eigenvalue weighted by atomic mass is 16.6. The van der Waals surface area contributed by atoms with Crippen LogP contribution in [0.15, 0.2) is 42.1 Å². The zero-order valence-electron chi connectivity index (χ0n) is 25.8. The van der Waals surface area contributed by atoms with Gasteiger partial charge < -0.3 is 25.1 Å². The molecule has 3 atom stereocenters. The molecular formula is C31H49N3O5. The van der Waals surface area contributed by atoms with Crippen molar-refractivity contribution < 1.29 is 23.9 Å². The smallest absolute Gasteiger partial charge is 0.408 e. The van der Waals surface area contributed by atoms with Crippen LogP contribution >= 0.6 is 0 Å². The van der Waals surface area contributed by atoms with Gasteiger partial charge in [0.05, 0.1) is 0 Å². The maximum absolute atomic E-state index is 14.0. The quantitative estimate of drug-likeness (QED) is 0.394. The van der Waals surface area contributed by atoms with Crippen LogP contribution in [-0.2, 0) is 24.5 Å². The molecule has 0 spiro atoms. The Bertz CT molecular complexity index is 1030. The summed E-state index contributed by atoms with van der Waals surface area (Å²) in [7, 11) is 1.65. The molecular weight excluding hydrogens is 494 g/mol. The Hall–Kier alpha value is -3.16. The van der Waals surface area contributed by atoms with Crippen molar-refractivity contribution in [2.24, 2.45) is 17.3 Å². The molecule has 0 saturated carbocycles. The van der Waals surface area contributed by atoms with E-state index in [1.807, 2.05) is 78.8 Å². The molecule has 2 N–H and O–H groups in total. The maximum atomic E-state index is 14.0. The molecule has 0 aliphatic carbocycles. The molecule has 0 saturated heterocycles. The summed E-state index contributed by atoms with van der Waals surface area (Å²) in [6.45, 7) is 20.2. The number of alkyl carbamates (subject to hydrolysis) is 1. The normalized spacial score (nSPS) is 15.2. The summed E-state index contributed by atoms with van der Waals surface area (Å²) >= 11 is 0. The van der Waals surface area contributed by atoms with E-state index in [1.54, 1.807) is 40.8 Å². The van der Waals surface area contributed by atoms with E-state index < -0.39 is 40.5 Å². The Morgan fingerprint density at radius 3 is 1.85 bits per heavy atom. The SMILES string of the molecule is CC(C=O)C=C(C(C)C)N(C)C(=O)[C@@H](NC(=O)[C@@H](NC(=O)OC(C)(C)C)C(C)(C)c1ccccc1)C(C)(C)C. The van der Waals surface area contributed by atoms with Gasteiger partial charge in [0.1, 0.15) is 24.0 Å². The molecule has 39 heavy (non-hydrogen) atoms. The van der Waals surface area contributed by atoms with Crippen LogP contribution < -0.4 is 10.6 Å². The predicted octanol–water partition coefficient (Wildman–Crippen LogP) is 5.22. The zero-order chi connectivity index (χ0) is 30.3. The number of ether oxygens (including phenoxy) is 1. The van der Waals surface area contributed by atoms with E-state index in [0.717, 1.165) is 11.8 Å². The van der Waals surface area contributed by atoms with E-state index >= 15 is 0 Å². The molecule has 1 rings (SSSR count). The van der Waals surface area contributed by atoms with Gasteiger partial charge in [0.15, 0.2) is 0 Å². The highest BCUT2D eigenvalue weighted by molar-refractivity contribution is 5.93. The first-order chi connectivity index (χ1) is 17.7. The Balaban J connectivity index is 3.49. The summed E-state index contributed by atoms with van der Waals surface area (Å²) in [5.74, 6) is -1.22. The molecule has 0 fully saturated rings. The van der Waals surface area contributed by atoms with Crippen molar-refractivity contribution in [1.29, 1.82) is 0 Å². The Morgan fingerprint density at radius 2 is 1.41 bits per heavy atom. The third-order valence-electron chi connectivity index (χ3n) is 6.52. The second kappa shape index (κ2) is 13.3. The molecule has 3 amide bonds. The lowest BCUT2D eigenvalue weighted by atomic mass is 9.76. The fourth-order valence-corrected chi connectivity index (χ4v) is 4.23. The van der Waals surface area contributed by atoms with Crippen LogP contribution in [0.5, 0.6) is 0 Å². The summed E-state index contributed by atoms with van der Waals surface area (Å²) in [6.07, 6.45) is 1.86. The number of hydrogen-bond donors (Lipinski definition) is 2. The number of aldehydes is 1. The highest BCUT2D eigenvalue weighted by Crippen LogP contribution is 2.30. The average Bonchev–Trinajstić information content (AvgIpc) is 2.81. The first-order valence-electron chi connectivity index (χ1n) is 13.5. The van der Waals surface area contributed by atoms with Gasteiger partial charge in [-0.05, 0) is 37.7 Å². The van der Waals surface area contributed by atoms with Crippen LogP contribution in [0.25, 0.3) is 0 Å². The van der Waals surface area contributed by atoms with Gasteiger partial charge in [-0.15, -0.1) is 0 Å². The standard InChI is InChI=1S/C31H49N3O5/c1-20(2)23(18-21(3)19-35)34(12)27(37)25(29(4,5)6)32-26(36)24(33-28(38)39-30(7,8)9)31(10,11)22-16-14-13-15-17-22/h13-21,24-25H,1-12H3,(H,32,36)(H,33,38)/t21?,24-,25-/m1/s1.